The molecule has 0 saturated carbocycles. The highest BCUT2D eigenvalue weighted by Crippen LogP contribution is 2.39. The number of hydrogen-bond acceptors (Lipinski definition) is 4. The molecule has 2 atom stereocenters. The average Bonchev–Trinajstić information content (AvgIpc) is 2.94. The maximum atomic E-state index is 12.8. The zero-order valence-corrected chi connectivity index (χ0v) is 13.2. The first-order valence-electron chi connectivity index (χ1n) is 7.34. The van der Waals surface area contributed by atoms with Crippen LogP contribution >= 0.6 is 0 Å². The highest BCUT2D eigenvalue weighted by Gasteiger charge is 2.47. The maximum absolute atomic E-state index is 12.8. The van der Waals surface area contributed by atoms with Gasteiger partial charge in [0.05, 0.1) is 0 Å². The second-order valence-corrected chi connectivity index (χ2v) is 6.33. The summed E-state index contributed by atoms with van der Waals surface area (Å²) < 4.78 is 5.55. The third-order valence-corrected chi connectivity index (χ3v) is 3.52. The van der Waals surface area contributed by atoms with Gasteiger partial charge in [-0.25, -0.2) is 4.79 Å². The number of allylic oxidation sites excluding steroid dienone is 1. The normalized spacial score (nSPS) is 21.6. The van der Waals surface area contributed by atoms with Crippen molar-refractivity contribution < 1.29 is 14.3 Å². The molecule has 4 heteroatoms. The lowest BCUT2D eigenvalue weighted by Gasteiger charge is -2.33. The molecule has 0 spiro atoms. The highest BCUT2D eigenvalue weighted by molar-refractivity contribution is 5.93. The molecule has 0 aliphatic carbocycles. The molecule has 2 rings (SSSR count). The lowest BCUT2D eigenvalue weighted by molar-refractivity contribution is -0.160. The molecule has 0 amide bonds. The first-order chi connectivity index (χ1) is 10.4. The molecule has 0 saturated heterocycles. The van der Waals surface area contributed by atoms with Gasteiger partial charge in [0.1, 0.15) is 11.9 Å². The Hall–Kier alpha value is -2.23. The van der Waals surface area contributed by atoms with Crippen LogP contribution in [0.5, 0.6) is 0 Å². The molecule has 0 N–H and O–H groups in total. The standard InChI is InChI=1S/C18H21NO3/c1-17(2,3)22-16(21)18(11-7-12-19-18)15(10-13-20)14-8-5-4-6-9-14/h4-9,11-13,15H,10H2,1-3H3. The van der Waals surface area contributed by atoms with Gasteiger partial charge < -0.3 is 9.53 Å². The van der Waals surface area contributed by atoms with Crippen molar-refractivity contribution in [3.05, 3.63) is 48.0 Å². The van der Waals surface area contributed by atoms with E-state index in [1.807, 2.05) is 51.1 Å². The zero-order chi connectivity index (χ0) is 16.2. The minimum absolute atomic E-state index is 0.199. The van der Waals surface area contributed by atoms with E-state index in [0.717, 1.165) is 11.8 Å². The number of nitrogens with zero attached hydrogens (tertiary/aromatic N) is 1. The van der Waals surface area contributed by atoms with Crippen LogP contribution in [0.1, 0.15) is 38.7 Å². The summed E-state index contributed by atoms with van der Waals surface area (Å²) in [5, 5.41) is 0. The molecular weight excluding hydrogens is 278 g/mol. The number of rotatable bonds is 5. The zero-order valence-electron chi connectivity index (χ0n) is 13.2. The Balaban J connectivity index is 2.44. The fourth-order valence-corrected chi connectivity index (χ4v) is 2.58. The van der Waals surface area contributed by atoms with Crippen LogP contribution in [0.15, 0.2) is 47.5 Å². The molecule has 0 aromatic heterocycles. The Morgan fingerprint density at radius 2 is 2.00 bits per heavy atom. The molecule has 1 aromatic carbocycles. The van der Waals surface area contributed by atoms with Gasteiger partial charge in [-0.2, -0.15) is 0 Å². The Morgan fingerprint density at radius 3 is 2.50 bits per heavy atom. The largest absolute Gasteiger partial charge is 0.458 e. The van der Waals surface area contributed by atoms with Crippen molar-refractivity contribution in [3.8, 4) is 0 Å². The first-order valence-corrected chi connectivity index (χ1v) is 7.34. The fourth-order valence-electron chi connectivity index (χ4n) is 2.58. The molecule has 1 heterocycles. The molecule has 1 aliphatic heterocycles. The Labute approximate surface area is 130 Å². The smallest absolute Gasteiger partial charge is 0.339 e. The number of esters is 1. The summed E-state index contributed by atoms with van der Waals surface area (Å²) in [6, 6.07) is 9.48. The molecule has 0 radical (unpaired) electrons. The number of benzene rings is 1. The van der Waals surface area contributed by atoms with E-state index in [4.69, 9.17) is 4.74 Å². The number of hydrogen-bond donors (Lipinski definition) is 0. The summed E-state index contributed by atoms with van der Waals surface area (Å²) >= 11 is 0. The quantitative estimate of drug-likeness (QED) is 0.620. The first kappa shape index (κ1) is 16.1. The van der Waals surface area contributed by atoms with Gasteiger partial charge in [0.2, 0.25) is 0 Å². The summed E-state index contributed by atoms with van der Waals surface area (Å²) in [6.45, 7) is 5.45. The number of carbonyl (C=O) groups is 2. The summed E-state index contributed by atoms with van der Waals surface area (Å²) in [4.78, 5) is 28.3. The van der Waals surface area contributed by atoms with Gasteiger partial charge in [-0.1, -0.05) is 30.3 Å². The third-order valence-electron chi connectivity index (χ3n) is 3.52. The second kappa shape index (κ2) is 6.26. The van der Waals surface area contributed by atoms with E-state index in [-0.39, 0.29) is 12.3 Å². The molecule has 1 aromatic rings. The summed E-state index contributed by atoms with van der Waals surface area (Å²) in [6.07, 6.45) is 6.06. The SMILES string of the molecule is CC(C)(C)OC(=O)C1(C(CC=O)c2ccccc2)C=CC=N1. The lowest BCUT2D eigenvalue weighted by Crippen LogP contribution is -2.44. The van der Waals surface area contributed by atoms with Crippen molar-refractivity contribution in [2.24, 2.45) is 4.99 Å². The van der Waals surface area contributed by atoms with Gasteiger partial charge >= 0.3 is 5.97 Å². The van der Waals surface area contributed by atoms with Crippen LogP contribution in [0.4, 0.5) is 0 Å². The van der Waals surface area contributed by atoms with Crippen LogP contribution in [0.2, 0.25) is 0 Å². The predicted molar refractivity (Wildman–Crippen MR) is 86.1 cm³/mol. The number of aliphatic imine (C=N–C) groups is 1. The molecule has 0 fully saturated rings. The molecule has 1 aliphatic rings. The van der Waals surface area contributed by atoms with Gasteiger partial charge in [0.25, 0.3) is 0 Å². The van der Waals surface area contributed by atoms with Crippen LogP contribution in [0.25, 0.3) is 0 Å². The van der Waals surface area contributed by atoms with Crippen LogP contribution in [0, 0.1) is 0 Å². The Kier molecular flexibility index (Phi) is 4.59. The van der Waals surface area contributed by atoms with Crippen molar-refractivity contribution in [2.45, 2.75) is 44.2 Å². The van der Waals surface area contributed by atoms with Crippen molar-refractivity contribution in [2.75, 3.05) is 0 Å². The fraction of sp³-hybridized carbons (Fsp3) is 0.389. The van der Waals surface area contributed by atoms with Gasteiger partial charge in [0, 0.05) is 18.6 Å². The summed E-state index contributed by atoms with van der Waals surface area (Å²) in [7, 11) is 0. The van der Waals surface area contributed by atoms with Crippen LogP contribution in [-0.4, -0.2) is 29.6 Å². The van der Waals surface area contributed by atoms with Gasteiger partial charge in [0.15, 0.2) is 5.54 Å². The van der Waals surface area contributed by atoms with Crippen LogP contribution in [0.3, 0.4) is 0 Å². The van der Waals surface area contributed by atoms with E-state index in [9.17, 15) is 9.59 Å². The number of ether oxygens (including phenoxy) is 1. The number of aldehydes is 1. The molecular formula is C18H21NO3. The number of carbonyl (C=O) groups excluding carboxylic acids is 2. The highest BCUT2D eigenvalue weighted by atomic mass is 16.6. The Bertz CT molecular complexity index is 585. The molecule has 4 nitrogen and oxygen atoms in total. The van der Waals surface area contributed by atoms with Gasteiger partial charge in [-0.05, 0) is 38.5 Å². The van der Waals surface area contributed by atoms with Gasteiger partial charge in [-0.15, -0.1) is 0 Å². The van der Waals surface area contributed by atoms with E-state index in [1.54, 1.807) is 18.4 Å². The van der Waals surface area contributed by atoms with Crippen molar-refractivity contribution >= 4 is 18.5 Å². The third kappa shape index (κ3) is 3.32. The monoisotopic (exact) mass is 299 g/mol. The molecule has 0 bridgehead atoms. The van der Waals surface area contributed by atoms with Crippen molar-refractivity contribution in [3.63, 3.8) is 0 Å². The maximum Gasteiger partial charge on any atom is 0.339 e. The predicted octanol–water partition coefficient (Wildman–Crippen LogP) is 3.08. The molecule has 116 valence electrons. The van der Waals surface area contributed by atoms with E-state index in [1.165, 1.54) is 0 Å². The summed E-state index contributed by atoms with van der Waals surface area (Å²) in [5.74, 6) is -0.809. The molecule has 22 heavy (non-hydrogen) atoms. The lowest BCUT2D eigenvalue weighted by atomic mass is 9.78. The Morgan fingerprint density at radius 1 is 1.32 bits per heavy atom. The average molecular weight is 299 g/mol. The molecule has 2 unspecified atom stereocenters. The minimum atomic E-state index is -1.17. The van der Waals surface area contributed by atoms with Crippen molar-refractivity contribution in [1.82, 2.24) is 0 Å². The van der Waals surface area contributed by atoms with E-state index in [2.05, 4.69) is 4.99 Å². The van der Waals surface area contributed by atoms with Crippen LogP contribution < -0.4 is 0 Å². The second-order valence-electron chi connectivity index (χ2n) is 6.33. The van der Waals surface area contributed by atoms with Crippen molar-refractivity contribution in [1.29, 1.82) is 0 Å². The minimum Gasteiger partial charge on any atom is -0.458 e. The van der Waals surface area contributed by atoms with Crippen LogP contribution in [-0.2, 0) is 14.3 Å². The summed E-state index contributed by atoms with van der Waals surface area (Å²) in [5.41, 5.74) is -0.891. The van der Waals surface area contributed by atoms with Gasteiger partial charge in [-0.3, -0.25) is 4.99 Å². The van der Waals surface area contributed by atoms with E-state index >= 15 is 0 Å². The topological polar surface area (TPSA) is 55.7 Å². The van der Waals surface area contributed by atoms with E-state index in [0.29, 0.717) is 0 Å². The van der Waals surface area contributed by atoms with E-state index < -0.39 is 17.1 Å².